The Kier molecular flexibility index (Phi) is 18.0. The van der Waals surface area contributed by atoms with Crippen LogP contribution in [0, 0.1) is 0 Å². The van der Waals surface area contributed by atoms with Gasteiger partial charge in [0.1, 0.15) is 23.5 Å². The van der Waals surface area contributed by atoms with Gasteiger partial charge in [0.05, 0.1) is 5.34 Å². The number of pyridine rings is 2. The molecule has 6 heterocycles. The number of nitrogens with two attached hydrogens (primary N) is 2. The highest BCUT2D eigenvalue weighted by atomic mass is 35.5. The normalized spacial score (nSPS) is 15.4. The fourth-order valence-corrected chi connectivity index (χ4v) is 8.24. The molecule has 4 aromatic heterocycles. The standard InChI is InChI=1S/2C23H24ClN5O2.CH2Cl2/c2*24-19-4-3-16(12-25)17(10-19)14-28-22(30)21-2-1-9-29(21)23(31)20-11-18(13-27-20)15-5-7-26-8-6-15;2-1-3/h2*3-8,10-11,13,21,27H,1-2,9,12,14,25H2,(H,28,30);1H2/t2*21-;/m00./s1. The Labute approximate surface area is 397 Å². The number of aromatic amines is 2. The predicted octanol–water partition coefficient (Wildman–Crippen LogP) is 7.64. The van der Waals surface area contributed by atoms with Gasteiger partial charge in [0.15, 0.2) is 0 Å². The summed E-state index contributed by atoms with van der Waals surface area (Å²) < 4.78 is 0. The molecule has 18 heteroatoms. The predicted molar refractivity (Wildman–Crippen MR) is 255 cm³/mol. The second-order valence-electron chi connectivity index (χ2n) is 15.2. The SMILES string of the molecule is ClCCl.NCc1ccc(Cl)cc1CNC(=O)[C@@H]1CCCN1C(=O)c1cc(-c2ccncc2)c[nH]1.NCc1ccc(Cl)cc1CNC(=O)[C@@H]1CCCN1C(=O)c1cc(-c2ccncc2)c[nH]1. The summed E-state index contributed by atoms with van der Waals surface area (Å²) in [5.74, 6) is -0.698. The van der Waals surface area contributed by atoms with Crippen LogP contribution in [0.5, 0.6) is 0 Å². The molecule has 2 aromatic carbocycles. The molecule has 0 unspecified atom stereocenters. The van der Waals surface area contributed by atoms with Crippen LogP contribution in [0.1, 0.15) is 68.9 Å². The highest BCUT2D eigenvalue weighted by Crippen LogP contribution is 2.26. The maximum atomic E-state index is 13.1. The fraction of sp³-hybridized carbons (Fsp3) is 0.277. The van der Waals surface area contributed by atoms with E-state index in [1.54, 1.807) is 71.2 Å². The molecule has 2 fully saturated rings. The summed E-state index contributed by atoms with van der Waals surface area (Å²) in [5, 5.41) is 7.27. The summed E-state index contributed by atoms with van der Waals surface area (Å²) >= 11 is 21.7. The van der Waals surface area contributed by atoms with E-state index in [1.165, 1.54) is 0 Å². The highest BCUT2D eigenvalue weighted by molar-refractivity contribution is 6.40. The molecule has 340 valence electrons. The number of amides is 4. The van der Waals surface area contributed by atoms with Gasteiger partial charge in [-0.05, 0) is 120 Å². The van der Waals surface area contributed by atoms with Crippen LogP contribution in [-0.4, -0.2) is 83.9 Å². The summed E-state index contributed by atoms with van der Waals surface area (Å²) in [6, 6.07) is 21.1. The van der Waals surface area contributed by atoms with Crippen molar-refractivity contribution in [3.8, 4) is 22.3 Å². The lowest BCUT2D eigenvalue weighted by Crippen LogP contribution is -2.45. The van der Waals surface area contributed by atoms with Gasteiger partial charge < -0.3 is 41.9 Å². The van der Waals surface area contributed by atoms with Crippen molar-refractivity contribution < 1.29 is 19.2 Å². The first-order valence-electron chi connectivity index (χ1n) is 21.0. The Hall–Kier alpha value is -5.74. The number of rotatable bonds is 12. The van der Waals surface area contributed by atoms with Gasteiger partial charge >= 0.3 is 0 Å². The van der Waals surface area contributed by atoms with Crippen LogP contribution in [0.2, 0.25) is 10.0 Å². The number of carbonyl (C=O) groups is 4. The number of alkyl halides is 2. The van der Waals surface area contributed by atoms with Gasteiger partial charge in [-0.2, -0.15) is 0 Å². The van der Waals surface area contributed by atoms with E-state index in [9.17, 15) is 19.2 Å². The summed E-state index contributed by atoms with van der Waals surface area (Å²) in [7, 11) is 0. The highest BCUT2D eigenvalue weighted by Gasteiger charge is 2.36. The van der Waals surface area contributed by atoms with E-state index < -0.39 is 12.1 Å². The molecule has 2 aliphatic rings. The molecule has 2 aliphatic heterocycles. The van der Waals surface area contributed by atoms with Crippen LogP contribution in [0.3, 0.4) is 0 Å². The number of hydrogen-bond donors (Lipinski definition) is 6. The van der Waals surface area contributed by atoms with Crippen LogP contribution in [0.25, 0.3) is 22.3 Å². The van der Waals surface area contributed by atoms with Gasteiger partial charge in [0.25, 0.3) is 11.8 Å². The molecule has 0 aliphatic carbocycles. The number of carbonyl (C=O) groups excluding carboxylic acids is 4. The number of halogens is 4. The lowest BCUT2D eigenvalue weighted by atomic mass is 10.1. The largest absolute Gasteiger partial charge is 0.357 e. The molecule has 0 radical (unpaired) electrons. The minimum absolute atomic E-state index is 0.172. The molecule has 0 bridgehead atoms. The topological polar surface area (TPSA) is 208 Å². The van der Waals surface area contributed by atoms with Crippen molar-refractivity contribution >= 4 is 70.0 Å². The zero-order valence-electron chi connectivity index (χ0n) is 35.4. The molecule has 8 rings (SSSR count). The quantitative estimate of drug-likeness (QED) is 0.0671. The third-order valence-corrected chi connectivity index (χ3v) is 11.6. The minimum atomic E-state index is -0.499. The third kappa shape index (κ3) is 12.8. The van der Waals surface area contributed by atoms with E-state index in [-0.39, 0.29) is 29.0 Å². The molecule has 14 nitrogen and oxygen atoms in total. The van der Waals surface area contributed by atoms with E-state index in [1.807, 2.05) is 48.5 Å². The number of nitrogens with zero attached hydrogens (tertiary/aromatic N) is 4. The summed E-state index contributed by atoms with van der Waals surface area (Å²) in [6.45, 7) is 2.46. The number of likely N-dealkylation sites (tertiary alicyclic amines) is 2. The van der Waals surface area contributed by atoms with Gasteiger partial charge in [-0.25, -0.2) is 0 Å². The molecule has 2 atom stereocenters. The van der Waals surface area contributed by atoms with E-state index in [2.05, 4.69) is 30.6 Å². The molecule has 0 spiro atoms. The second-order valence-corrected chi connectivity index (χ2v) is 16.8. The van der Waals surface area contributed by atoms with E-state index in [4.69, 9.17) is 57.9 Å². The average Bonchev–Trinajstić information content (AvgIpc) is 4.19. The van der Waals surface area contributed by atoms with Gasteiger partial charge in [-0.15, -0.1) is 23.2 Å². The van der Waals surface area contributed by atoms with E-state index >= 15 is 0 Å². The molecule has 0 saturated carbocycles. The molecule has 2 saturated heterocycles. The van der Waals surface area contributed by atoms with Crippen molar-refractivity contribution in [1.82, 2.24) is 40.4 Å². The van der Waals surface area contributed by atoms with Crippen LogP contribution >= 0.6 is 46.4 Å². The third-order valence-electron chi connectivity index (χ3n) is 11.2. The molecule has 65 heavy (non-hydrogen) atoms. The van der Waals surface area contributed by atoms with Gasteiger partial charge in [0, 0.05) is 97.6 Å². The molecule has 8 N–H and O–H groups in total. The molecular formula is C47H50Cl4N10O4. The summed E-state index contributed by atoms with van der Waals surface area (Å²) in [4.78, 5) is 69.4. The maximum Gasteiger partial charge on any atom is 0.270 e. The number of H-pyrrole nitrogens is 2. The first-order valence-corrected chi connectivity index (χ1v) is 22.8. The maximum absolute atomic E-state index is 13.1. The number of aromatic nitrogens is 4. The summed E-state index contributed by atoms with van der Waals surface area (Å²) in [5.41, 5.74) is 19.9. The van der Waals surface area contributed by atoms with Gasteiger partial charge in [0.2, 0.25) is 11.8 Å². The van der Waals surface area contributed by atoms with Crippen molar-refractivity contribution in [2.75, 3.05) is 18.4 Å². The smallest absolute Gasteiger partial charge is 0.270 e. The molecular weight excluding hydrogens is 910 g/mol. The number of benzene rings is 2. The van der Waals surface area contributed by atoms with Crippen LogP contribution in [-0.2, 0) is 35.8 Å². The van der Waals surface area contributed by atoms with Crippen LogP contribution in [0.15, 0.2) is 110 Å². The van der Waals surface area contributed by atoms with E-state index in [0.717, 1.165) is 57.3 Å². The number of nitrogens with one attached hydrogen (secondary N) is 4. The Bertz CT molecular complexity index is 2370. The second kappa shape index (κ2) is 24.0. The van der Waals surface area contributed by atoms with Gasteiger partial charge in [-0.3, -0.25) is 29.1 Å². The van der Waals surface area contributed by atoms with Crippen LogP contribution in [0.4, 0.5) is 0 Å². The zero-order chi connectivity index (χ0) is 46.3. The molecule has 6 aromatic rings. The van der Waals surface area contributed by atoms with Crippen molar-refractivity contribution in [3.63, 3.8) is 0 Å². The van der Waals surface area contributed by atoms with Crippen molar-refractivity contribution in [2.24, 2.45) is 11.5 Å². The monoisotopic (exact) mass is 958 g/mol. The number of hydrogen-bond acceptors (Lipinski definition) is 8. The molecule has 4 amide bonds. The first-order chi connectivity index (χ1) is 31.5. The first kappa shape index (κ1) is 48.7. The minimum Gasteiger partial charge on any atom is -0.357 e. The van der Waals surface area contributed by atoms with Crippen LogP contribution < -0.4 is 22.1 Å². The average molecular weight is 961 g/mol. The summed E-state index contributed by atoms with van der Waals surface area (Å²) in [6.07, 6.45) is 13.3. The Balaban J connectivity index is 0.000000203. The Morgan fingerprint density at radius 1 is 0.585 bits per heavy atom. The fourth-order valence-electron chi connectivity index (χ4n) is 7.85. The van der Waals surface area contributed by atoms with Crippen molar-refractivity contribution in [3.05, 3.63) is 154 Å². The Morgan fingerprint density at radius 3 is 1.34 bits per heavy atom. The van der Waals surface area contributed by atoms with Crippen molar-refractivity contribution in [2.45, 2.75) is 63.9 Å². The lowest BCUT2D eigenvalue weighted by Gasteiger charge is -2.23. The zero-order valence-corrected chi connectivity index (χ0v) is 38.4. The van der Waals surface area contributed by atoms with Crippen molar-refractivity contribution in [1.29, 1.82) is 0 Å². The Morgan fingerprint density at radius 2 is 0.969 bits per heavy atom. The lowest BCUT2D eigenvalue weighted by molar-refractivity contribution is -0.125. The van der Waals surface area contributed by atoms with Gasteiger partial charge in [-0.1, -0.05) is 35.3 Å². The van der Waals surface area contributed by atoms with E-state index in [0.29, 0.717) is 73.5 Å².